The number of nitrogens with zero attached hydrogens (tertiary/aromatic N) is 2. The Kier molecular flexibility index (Phi) is 4.70. The monoisotopic (exact) mass is 396 g/mol. The van der Waals surface area contributed by atoms with Gasteiger partial charge in [-0.3, -0.25) is 9.59 Å². The Morgan fingerprint density at radius 1 is 1.11 bits per heavy atom. The summed E-state index contributed by atoms with van der Waals surface area (Å²) < 4.78 is 0. The van der Waals surface area contributed by atoms with Crippen LogP contribution in [0, 0.1) is 0 Å². The van der Waals surface area contributed by atoms with Gasteiger partial charge in [0.15, 0.2) is 0 Å². The summed E-state index contributed by atoms with van der Waals surface area (Å²) in [6.07, 6.45) is 0.830. The summed E-state index contributed by atoms with van der Waals surface area (Å²) in [5.74, 6) is -0.0934. The Morgan fingerprint density at radius 3 is 2.50 bits per heavy atom. The second-order valence-electron chi connectivity index (χ2n) is 8.71. The minimum atomic E-state index is -0.124. The van der Waals surface area contributed by atoms with E-state index in [0.717, 1.165) is 12.0 Å². The molecule has 0 aromatic heterocycles. The number of piperazine rings is 1. The van der Waals surface area contributed by atoms with Crippen LogP contribution in [-0.4, -0.2) is 41.2 Å². The van der Waals surface area contributed by atoms with E-state index in [1.54, 1.807) is 4.90 Å². The zero-order valence-corrected chi connectivity index (χ0v) is 17.3. The highest BCUT2D eigenvalue weighted by Gasteiger charge is 2.38. The molecule has 4 nitrogen and oxygen atoms in total. The average molecular weight is 397 g/mol. The molecule has 1 atom stereocenters. The Labute approximate surface area is 171 Å². The molecule has 4 rings (SSSR count). The Hall–Kier alpha value is -2.33. The van der Waals surface area contributed by atoms with E-state index in [-0.39, 0.29) is 29.8 Å². The molecule has 1 fully saturated rings. The number of hydrogen-bond acceptors (Lipinski definition) is 2. The summed E-state index contributed by atoms with van der Waals surface area (Å²) in [7, 11) is 0. The molecule has 1 saturated heterocycles. The van der Waals surface area contributed by atoms with Gasteiger partial charge in [-0.15, -0.1) is 0 Å². The van der Waals surface area contributed by atoms with Gasteiger partial charge in [0.1, 0.15) is 6.54 Å². The molecular formula is C23H25ClN2O2. The third-order valence-corrected chi connectivity index (χ3v) is 6.03. The lowest BCUT2D eigenvalue weighted by Gasteiger charge is -2.44. The molecule has 2 heterocycles. The summed E-state index contributed by atoms with van der Waals surface area (Å²) in [6.45, 7) is 7.76. The van der Waals surface area contributed by atoms with Gasteiger partial charge in [-0.25, -0.2) is 0 Å². The number of amides is 2. The van der Waals surface area contributed by atoms with Crippen LogP contribution in [0.5, 0.6) is 0 Å². The number of rotatable bonds is 1. The van der Waals surface area contributed by atoms with Gasteiger partial charge in [0.25, 0.3) is 5.91 Å². The van der Waals surface area contributed by atoms with Crippen molar-refractivity contribution in [3.05, 3.63) is 69.7 Å². The first-order valence-corrected chi connectivity index (χ1v) is 10.1. The SMILES string of the molecule is CC(C)(C)c1ccc(C(=O)N2CC(=O)N3CCc4ccc(Cl)cc4C3C2)cc1. The summed E-state index contributed by atoms with van der Waals surface area (Å²) >= 11 is 6.21. The maximum atomic E-state index is 13.1. The number of fused-ring (bicyclic) bond motifs is 3. The second kappa shape index (κ2) is 6.93. The summed E-state index contributed by atoms with van der Waals surface area (Å²) in [5.41, 5.74) is 4.11. The van der Waals surface area contributed by atoms with Gasteiger partial charge in [-0.2, -0.15) is 0 Å². The highest BCUT2D eigenvalue weighted by Crippen LogP contribution is 2.35. The van der Waals surface area contributed by atoms with E-state index < -0.39 is 0 Å². The molecule has 2 aliphatic rings. The lowest BCUT2D eigenvalue weighted by atomic mass is 9.86. The fourth-order valence-corrected chi connectivity index (χ4v) is 4.32. The van der Waals surface area contributed by atoms with Crippen molar-refractivity contribution in [2.45, 2.75) is 38.6 Å². The van der Waals surface area contributed by atoms with Crippen molar-refractivity contribution < 1.29 is 9.59 Å². The Morgan fingerprint density at radius 2 is 1.82 bits per heavy atom. The van der Waals surface area contributed by atoms with E-state index in [9.17, 15) is 9.59 Å². The molecule has 1 unspecified atom stereocenters. The molecule has 0 radical (unpaired) electrons. The molecular weight excluding hydrogens is 372 g/mol. The number of halogens is 1. The number of carbonyl (C=O) groups excluding carboxylic acids is 2. The molecule has 0 N–H and O–H groups in total. The molecule has 0 aliphatic carbocycles. The first-order valence-electron chi connectivity index (χ1n) is 9.71. The van der Waals surface area contributed by atoms with Crippen LogP contribution >= 0.6 is 11.6 Å². The smallest absolute Gasteiger partial charge is 0.254 e. The van der Waals surface area contributed by atoms with Crippen LogP contribution in [0.25, 0.3) is 0 Å². The van der Waals surface area contributed by atoms with Crippen molar-refractivity contribution in [3.63, 3.8) is 0 Å². The molecule has 0 saturated carbocycles. The topological polar surface area (TPSA) is 40.6 Å². The van der Waals surface area contributed by atoms with E-state index in [4.69, 9.17) is 11.6 Å². The molecule has 2 amide bonds. The van der Waals surface area contributed by atoms with Crippen molar-refractivity contribution >= 4 is 23.4 Å². The van der Waals surface area contributed by atoms with Crippen LogP contribution in [0.3, 0.4) is 0 Å². The largest absolute Gasteiger partial charge is 0.332 e. The molecule has 28 heavy (non-hydrogen) atoms. The fourth-order valence-electron chi connectivity index (χ4n) is 4.14. The van der Waals surface area contributed by atoms with Crippen LogP contribution in [0.1, 0.15) is 53.9 Å². The maximum Gasteiger partial charge on any atom is 0.254 e. The minimum Gasteiger partial charge on any atom is -0.332 e. The number of carbonyl (C=O) groups is 2. The van der Waals surface area contributed by atoms with Crippen molar-refractivity contribution in [3.8, 4) is 0 Å². The Balaban J connectivity index is 1.60. The standard InChI is InChI=1S/C23H25ClN2O2/c1-23(2,3)17-7-4-16(5-8-17)22(28)25-13-20-19-12-18(24)9-6-15(19)10-11-26(20)21(27)14-25/h4-9,12,20H,10-11,13-14H2,1-3H3. The van der Waals surface area contributed by atoms with Crippen LogP contribution in [0.15, 0.2) is 42.5 Å². The first-order chi connectivity index (χ1) is 13.2. The highest BCUT2D eigenvalue weighted by molar-refractivity contribution is 6.30. The number of benzene rings is 2. The van der Waals surface area contributed by atoms with Crippen LogP contribution < -0.4 is 0 Å². The summed E-state index contributed by atoms with van der Waals surface area (Å²) in [6, 6.07) is 13.5. The molecule has 5 heteroatoms. The van der Waals surface area contributed by atoms with Crippen LogP contribution in [0.4, 0.5) is 0 Å². The molecule has 0 bridgehead atoms. The van der Waals surface area contributed by atoms with E-state index in [1.165, 1.54) is 11.1 Å². The lowest BCUT2D eigenvalue weighted by Crippen LogP contribution is -2.55. The predicted octanol–water partition coefficient (Wildman–Crippen LogP) is 4.22. The van der Waals surface area contributed by atoms with Crippen LogP contribution in [-0.2, 0) is 16.6 Å². The Bertz CT molecular complexity index is 931. The molecule has 0 spiro atoms. The zero-order chi connectivity index (χ0) is 20.1. The van der Waals surface area contributed by atoms with Gasteiger partial charge < -0.3 is 9.80 Å². The van der Waals surface area contributed by atoms with E-state index in [2.05, 4.69) is 20.8 Å². The maximum absolute atomic E-state index is 13.1. The fraction of sp³-hybridized carbons (Fsp3) is 0.391. The number of hydrogen-bond donors (Lipinski definition) is 0. The van der Waals surface area contributed by atoms with Gasteiger partial charge in [0.05, 0.1) is 6.04 Å². The van der Waals surface area contributed by atoms with Crippen molar-refractivity contribution in [2.24, 2.45) is 0 Å². The summed E-state index contributed by atoms with van der Waals surface area (Å²) in [5, 5.41) is 0.661. The van der Waals surface area contributed by atoms with Crippen molar-refractivity contribution in [1.29, 1.82) is 0 Å². The van der Waals surface area contributed by atoms with E-state index in [1.807, 2.05) is 47.4 Å². The molecule has 2 aliphatic heterocycles. The van der Waals surface area contributed by atoms with E-state index in [0.29, 0.717) is 23.7 Å². The minimum absolute atomic E-state index is 0.00142. The van der Waals surface area contributed by atoms with Gasteiger partial charge in [-0.1, -0.05) is 50.6 Å². The first kappa shape index (κ1) is 19.0. The predicted molar refractivity (Wildman–Crippen MR) is 111 cm³/mol. The summed E-state index contributed by atoms with van der Waals surface area (Å²) in [4.78, 5) is 29.4. The van der Waals surface area contributed by atoms with Gasteiger partial charge >= 0.3 is 0 Å². The molecule has 2 aromatic rings. The van der Waals surface area contributed by atoms with Crippen molar-refractivity contribution in [2.75, 3.05) is 19.6 Å². The van der Waals surface area contributed by atoms with Gasteiger partial charge in [-0.05, 0) is 52.8 Å². The van der Waals surface area contributed by atoms with E-state index >= 15 is 0 Å². The quantitative estimate of drug-likeness (QED) is 0.724. The van der Waals surface area contributed by atoms with Gasteiger partial charge in [0.2, 0.25) is 5.91 Å². The second-order valence-corrected chi connectivity index (χ2v) is 9.15. The molecule has 146 valence electrons. The zero-order valence-electron chi connectivity index (χ0n) is 16.5. The highest BCUT2D eigenvalue weighted by atomic mass is 35.5. The molecule has 2 aromatic carbocycles. The normalized spacial score (nSPS) is 19.3. The average Bonchev–Trinajstić information content (AvgIpc) is 2.66. The van der Waals surface area contributed by atoms with Crippen molar-refractivity contribution in [1.82, 2.24) is 9.80 Å². The van der Waals surface area contributed by atoms with Crippen LogP contribution in [0.2, 0.25) is 5.02 Å². The third kappa shape index (κ3) is 3.42. The third-order valence-electron chi connectivity index (χ3n) is 5.79. The lowest BCUT2D eigenvalue weighted by molar-refractivity contribution is -0.139. The van der Waals surface area contributed by atoms with Gasteiger partial charge in [0, 0.05) is 23.7 Å².